The minimum atomic E-state index is 0.565. The van der Waals surface area contributed by atoms with Crippen LogP contribution in [0, 0.1) is 0 Å². The average Bonchev–Trinajstić information content (AvgIpc) is 2.19. The van der Waals surface area contributed by atoms with Crippen LogP contribution in [0.25, 0.3) is 0 Å². The molecule has 0 aliphatic rings. The molecule has 0 fully saturated rings. The molecule has 78 valence electrons. The Morgan fingerprint density at radius 2 is 2.21 bits per heavy atom. The van der Waals surface area contributed by atoms with Crippen LogP contribution in [-0.4, -0.2) is 13.7 Å². The van der Waals surface area contributed by atoms with Gasteiger partial charge in [-0.25, -0.2) is 0 Å². The third-order valence-electron chi connectivity index (χ3n) is 2.09. The van der Waals surface area contributed by atoms with E-state index in [1.165, 1.54) is 5.56 Å². The van der Waals surface area contributed by atoms with E-state index in [0.29, 0.717) is 6.61 Å². The predicted octanol–water partition coefficient (Wildman–Crippen LogP) is 2.38. The normalized spacial score (nSPS) is 10.5. The predicted molar refractivity (Wildman–Crippen MR) is 59.5 cm³/mol. The molecule has 0 spiro atoms. The molecule has 1 aromatic carbocycles. The van der Waals surface area contributed by atoms with Gasteiger partial charge in [-0.05, 0) is 36.6 Å². The van der Waals surface area contributed by atoms with Gasteiger partial charge < -0.3 is 10.5 Å². The summed E-state index contributed by atoms with van der Waals surface area (Å²) >= 11 is 6.08. The van der Waals surface area contributed by atoms with Gasteiger partial charge in [-0.1, -0.05) is 23.7 Å². The Kier molecular flexibility index (Phi) is 4.94. The summed E-state index contributed by atoms with van der Waals surface area (Å²) < 4.78 is 5.03. The summed E-state index contributed by atoms with van der Waals surface area (Å²) in [7, 11) is 1.67. The topological polar surface area (TPSA) is 35.2 Å². The zero-order valence-corrected chi connectivity index (χ0v) is 9.18. The van der Waals surface area contributed by atoms with E-state index in [9.17, 15) is 0 Å². The van der Waals surface area contributed by atoms with E-state index in [0.717, 1.165) is 30.0 Å². The van der Waals surface area contributed by atoms with Crippen molar-refractivity contribution in [3.8, 4) is 0 Å². The first-order valence-electron chi connectivity index (χ1n) is 4.74. The highest BCUT2D eigenvalue weighted by Crippen LogP contribution is 2.19. The maximum atomic E-state index is 6.08. The quantitative estimate of drug-likeness (QED) is 0.815. The first kappa shape index (κ1) is 11.5. The van der Waals surface area contributed by atoms with Crippen molar-refractivity contribution in [2.24, 2.45) is 5.73 Å². The molecule has 2 N–H and O–H groups in total. The van der Waals surface area contributed by atoms with Gasteiger partial charge in [0.25, 0.3) is 0 Å². The number of benzene rings is 1. The molecule has 0 aliphatic carbocycles. The molecular weight excluding hydrogens is 198 g/mol. The Bertz CT molecular complexity index is 289. The van der Waals surface area contributed by atoms with Crippen LogP contribution >= 0.6 is 11.6 Å². The minimum absolute atomic E-state index is 0.565. The van der Waals surface area contributed by atoms with Gasteiger partial charge in [-0.2, -0.15) is 0 Å². The highest BCUT2D eigenvalue weighted by Gasteiger charge is 2.01. The maximum absolute atomic E-state index is 6.08. The summed E-state index contributed by atoms with van der Waals surface area (Å²) in [5.74, 6) is 0. The number of hydrogen-bond acceptors (Lipinski definition) is 2. The zero-order valence-electron chi connectivity index (χ0n) is 8.42. The van der Waals surface area contributed by atoms with E-state index >= 15 is 0 Å². The van der Waals surface area contributed by atoms with Crippen molar-refractivity contribution in [1.82, 2.24) is 0 Å². The Balaban J connectivity index is 2.68. The molecule has 0 radical (unpaired) electrons. The molecule has 0 unspecified atom stereocenters. The van der Waals surface area contributed by atoms with Crippen LogP contribution in [0.5, 0.6) is 0 Å². The van der Waals surface area contributed by atoms with Crippen LogP contribution in [0.4, 0.5) is 0 Å². The number of rotatable bonds is 5. The highest BCUT2D eigenvalue weighted by atomic mass is 35.5. The molecule has 0 heterocycles. The smallest absolute Gasteiger partial charge is 0.0727 e. The van der Waals surface area contributed by atoms with Crippen LogP contribution in [0.3, 0.4) is 0 Å². The lowest BCUT2D eigenvalue weighted by Gasteiger charge is -2.05. The van der Waals surface area contributed by atoms with Gasteiger partial charge in [-0.15, -0.1) is 0 Å². The van der Waals surface area contributed by atoms with E-state index < -0.39 is 0 Å². The molecule has 1 rings (SSSR count). The van der Waals surface area contributed by atoms with E-state index in [4.69, 9.17) is 22.1 Å². The molecule has 0 bridgehead atoms. The van der Waals surface area contributed by atoms with Crippen molar-refractivity contribution >= 4 is 11.6 Å². The second-order valence-corrected chi connectivity index (χ2v) is 3.66. The van der Waals surface area contributed by atoms with E-state index in [-0.39, 0.29) is 0 Å². The maximum Gasteiger partial charge on any atom is 0.0727 e. The van der Waals surface area contributed by atoms with Crippen molar-refractivity contribution in [3.05, 3.63) is 34.3 Å². The third-order valence-corrected chi connectivity index (χ3v) is 2.44. The standard InChI is InChI=1S/C11H16ClNO/c1-14-8-10-5-4-9(3-2-6-13)7-11(10)12/h4-5,7H,2-3,6,8,13H2,1H3. The lowest BCUT2D eigenvalue weighted by Crippen LogP contribution is -2.00. The lowest BCUT2D eigenvalue weighted by molar-refractivity contribution is 0.185. The fourth-order valence-electron chi connectivity index (χ4n) is 1.33. The van der Waals surface area contributed by atoms with Gasteiger partial charge in [0.05, 0.1) is 6.61 Å². The summed E-state index contributed by atoms with van der Waals surface area (Å²) in [6.07, 6.45) is 1.99. The Morgan fingerprint density at radius 3 is 2.79 bits per heavy atom. The van der Waals surface area contributed by atoms with Gasteiger partial charge in [0.15, 0.2) is 0 Å². The number of halogens is 1. The molecule has 3 heteroatoms. The SMILES string of the molecule is COCc1ccc(CCCN)cc1Cl. The van der Waals surface area contributed by atoms with Gasteiger partial charge in [0, 0.05) is 12.1 Å². The first-order valence-corrected chi connectivity index (χ1v) is 5.12. The van der Waals surface area contributed by atoms with Crippen molar-refractivity contribution in [2.45, 2.75) is 19.4 Å². The molecule has 1 aromatic rings. The van der Waals surface area contributed by atoms with Crippen molar-refractivity contribution in [2.75, 3.05) is 13.7 Å². The molecule has 0 aliphatic heterocycles. The number of hydrogen-bond donors (Lipinski definition) is 1. The fraction of sp³-hybridized carbons (Fsp3) is 0.455. The number of nitrogens with two attached hydrogens (primary N) is 1. The summed E-state index contributed by atoms with van der Waals surface area (Å²) in [6.45, 7) is 1.29. The minimum Gasteiger partial charge on any atom is -0.380 e. The van der Waals surface area contributed by atoms with Gasteiger partial charge in [0.2, 0.25) is 0 Å². The number of aryl methyl sites for hydroxylation is 1. The van der Waals surface area contributed by atoms with Crippen LogP contribution in [0.2, 0.25) is 5.02 Å². The molecule has 0 saturated heterocycles. The van der Waals surface area contributed by atoms with Crippen molar-refractivity contribution in [1.29, 1.82) is 0 Å². The van der Waals surface area contributed by atoms with Crippen molar-refractivity contribution in [3.63, 3.8) is 0 Å². The molecule has 0 amide bonds. The van der Waals surface area contributed by atoms with Crippen LogP contribution in [0.1, 0.15) is 17.5 Å². The third kappa shape index (κ3) is 3.29. The van der Waals surface area contributed by atoms with Gasteiger partial charge in [0.1, 0.15) is 0 Å². The summed E-state index contributed by atoms with van der Waals surface area (Å²) in [4.78, 5) is 0. The van der Waals surface area contributed by atoms with E-state index in [1.54, 1.807) is 7.11 Å². The lowest BCUT2D eigenvalue weighted by atomic mass is 10.1. The first-order chi connectivity index (χ1) is 6.77. The second-order valence-electron chi connectivity index (χ2n) is 3.25. The monoisotopic (exact) mass is 213 g/mol. The summed E-state index contributed by atoms with van der Waals surface area (Å²) in [6, 6.07) is 6.08. The largest absolute Gasteiger partial charge is 0.380 e. The number of ether oxygens (including phenoxy) is 1. The Labute approximate surface area is 90.0 Å². The Hall–Kier alpha value is -0.570. The zero-order chi connectivity index (χ0) is 10.4. The molecule has 14 heavy (non-hydrogen) atoms. The number of methoxy groups -OCH3 is 1. The van der Waals surface area contributed by atoms with Crippen LogP contribution < -0.4 is 5.73 Å². The second kappa shape index (κ2) is 6.02. The van der Waals surface area contributed by atoms with E-state index in [1.807, 2.05) is 12.1 Å². The fourth-order valence-corrected chi connectivity index (χ4v) is 1.58. The summed E-state index contributed by atoms with van der Waals surface area (Å²) in [5.41, 5.74) is 7.71. The van der Waals surface area contributed by atoms with Crippen LogP contribution in [-0.2, 0) is 17.8 Å². The molecular formula is C11H16ClNO. The Morgan fingerprint density at radius 1 is 1.43 bits per heavy atom. The van der Waals surface area contributed by atoms with Gasteiger partial charge >= 0.3 is 0 Å². The average molecular weight is 214 g/mol. The molecule has 0 saturated carbocycles. The molecule has 2 nitrogen and oxygen atoms in total. The van der Waals surface area contributed by atoms with Crippen molar-refractivity contribution < 1.29 is 4.74 Å². The molecule has 0 aromatic heterocycles. The molecule has 0 atom stereocenters. The van der Waals surface area contributed by atoms with Crippen LogP contribution in [0.15, 0.2) is 18.2 Å². The van der Waals surface area contributed by atoms with E-state index in [2.05, 4.69) is 6.07 Å². The van der Waals surface area contributed by atoms with Gasteiger partial charge in [-0.3, -0.25) is 0 Å². The summed E-state index contributed by atoms with van der Waals surface area (Å²) in [5, 5.41) is 0.779. The highest BCUT2D eigenvalue weighted by molar-refractivity contribution is 6.31.